The highest BCUT2D eigenvalue weighted by atomic mass is 79.9. The fourth-order valence-electron chi connectivity index (χ4n) is 1.22. The molecule has 0 aliphatic rings. The highest BCUT2D eigenvalue weighted by molar-refractivity contribution is 9.11. The van der Waals surface area contributed by atoms with E-state index in [9.17, 15) is 0 Å². The molecule has 1 atom stereocenters. The van der Waals surface area contributed by atoms with Crippen LogP contribution in [0.25, 0.3) is 0 Å². The molecule has 0 aliphatic carbocycles. The summed E-state index contributed by atoms with van der Waals surface area (Å²) in [5, 5.41) is 10.0. The maximum atomic E-state index is 4.10. The fourth-order valence-corrected chi connectivity index (χ4v) is 2.65. The minimum atomic E-state index is 0.188. The van der Waals surface area contributed by atoms with E-state index in [0.717, 1.165) is 16.2 Å². The molecule has 0 saturated carbocycles. The van der Waals surface area contributed by atoms with E-state index >= 15 is 0 Å². The second kappa shape index (κ2) is 4.87. The third-order valence-electron chi connectivity index (χ3n) is 2.06. The van der Waals surface area contributed by atoms with E-state index in [1.807, 2.05) is 0 Å². The Labute approximate surface area is 100 Å². The topological polar surface area (TPSA) is 53.6 Å². The summed E-state index contributed by atoms with van der Waals surface area (Å²) in [4.78, 5) is 5.40. The number of hydrogen-bond donors (Lipinski definition) is 2. The maximum Gasteiger partial charge on any atom is 0.141 e. The van der Waals surface area contributed by atoms with E-state index in [-0.39, 0.29) is 6.04 Å². The lowest BCUT2D eigenvalue weighted by Gasteiger charge is -2.09. The van der Waals surface area contributed by atoms with E-state index in [0.29, 0.717) is 0 Å². The number of rotatable bonds is 4. The second-order valence-electron chi connectivity index (χ2n) is 3.18. The van der Waals surface area contributed by atoms with E-state index in [1.54, 1.807) is 11.3 Å². The molecule has 0 aromatic carbocycles. The summed E-state index contributed by atoms with van der Waals surface area (Å²) in [6.45, 7) is 2.90. The highest BCUT2D eigenvalue weighted by Crippen LogP contribution is 2.22. The highest BCUT2D eigenvalue weighted by Gasteiger charge is 2.07. The summed E-state index contributed by atoms with van der Waals surface area (Å²) in [6, 6.07) is 4.35. The maximum absolute atomic E-state index is 4.10. The molecular weight excluding hydrogens is 276 g/mol. The molecule has 0 saturated heterocycles. The lowest BCUT2D eigenvalue weighted by Crippen LogP contribution is -2.18. The van der Waals surface area contributed by atoms with Gasteiger partial charge in [-0.2, -0.15) is 5.10 Å². The van der Waals surface area contributed by atoms with Gasteiger partial charge >= 0.3 is 0 Å². The Bertz CT molecular complexity index is 411. The summed E-state index contributed by atoms with van der Waals surface area (Å²) < 4.78 is 1.16. The molecule has 80 valence electrons. The molecule has 0 amide bonds. The van der Waals surface area contributed by atoms with Crippen molar-refractivity contribution in [1.29, 1.82) is 0 Å². The van der Waals surface area contributed by atoms with Crippen molar-refractivity contribution in [1.82, 2.24) is 20.5 Å². The molecule has 0 fully saturated rings. The van der Waals surface area contributed by atoms with Crippen LogP contribution in [0.2, 0.25) is 0 Å². The van der Waals surface area contributed by atoms with Crippen molar-refractivity contribution in [3.63, 3.8) is 0 Å². The Balaban J connectivity index is 1.88. The van der Waals surface area contributed by atoms with Crippen molar-refractivity contribution >= 4 is 27.3 Å². The van der Waals surface area contributed by atoms with Crippen LogP contribution < -0.4 is 5.32 Å². The zero-order valence-corrected chi connectivity index (χ0v) is 10.6. The first-order valence-electron chi connectivity index (χ1n) is 4.58. The van der Waals surface area contributed by atoms with Crippen LogP contribution in [0, 0.1) is 0 Å². The number of H-pyrrole nitrogens is 1. The molecule has 0 bridgehead atoms. The summed E-state index contributed by atoms with van der Waals surface area (Å²) in [6.07, 6.45) is 1.52. The van der Waals surface area contributed by atoms with Crippen molar-refractivity contribution in [2.45, 2.75) is 19.5 Å². The first kappa shape index (κ1) is 10.8. The van der Waals surface area contributed by atoms with Crippen molar-refractivity contribution in [3.8, 4) is 0 Å². The van der Waals surface area contributed by atoms with Crippen LogP contribution >= 0.6 is 27.3 Å². The number of thiophene rings is 1. The van der Waals surface area contributed by atoms with Crippen LogP contribution in [0.3, 0.4) is 0 Å². The van der Waals surface area contributed by atoms with Gasteiger partial charge in [-0.1, -0.05) is 0 Å². The molecule has 1 unspecified atom stereocenters. The molecule has 6 heteroatoms. The van der Waals surface area contributed by atoms with Crippen LogP contribution in [-0.4, -0.2) is 15.2 Å². The van der Waals surface area contributed by atoms with Crippen molar-refractivity contribution in [2.75, 3.05) is 0 Å². The first-order chi connectivity index (χ1) is 7.25. The molecule has 2 heterocycles. The molecule has 2 aromatic rings. The van der Waals surface area contributed by atoms with Gasteiger partial charge in [0, 0.05) is 11.4 Å². The van der Waals surface area contributed by atoms with Crippen LogP contribution in [0.5, 0.6) is 0 Å². The largest absolute Gasteiger partial charge is 0.303 e. The average Bonchev–Trinajstić information content (AvgIpc) is 2.84. The van der Waals surface area contributed by atoms with Crippen molar-refractivity contribution in [3.05, 3.63) is 32.9 Å². The first-order valence-corrected chi connectivity index (χ1v) is 6.19. The van der Waals surface area contributed by atoms with Gasteiger partial charge in [0.1, 0.15) is 12.2 Å². The predicted octanol–water partition coefficient (Wildman–Crippen LogP) is 2.48. The monoisotopic (exact) mass is 286 g/mol. The van der Waals surface area contributed by atoms with E-state index in [4.69, 9.17) is 0 Å². The van der Waals surface area contributed by atoms with Crippen LogP contribution in [0.4, 0.5) is 0 Å². The second-order valence-corrected chi connectivity index (χ2v) is 5.73. The van der Waals surface area contributed by atoms with E-state index in [2.05, 4.69) is 55.5 Å². The molecule has 0 aliphatic heterocycles. The molecular formula is C9H11BrN4S. The molecule has 4 nitrogen and oxygen atoms in total. The predicted molar refractivity (Wildman–Crippen MR) is 63.7 cm³/mol. The van der Waals surface area contributed by atoms with Gasteiger partial charge in [-0.05, 0) is 35.0 Å². The molecule has 2 aromatic heterocycles. The Morgan fingerprint density at radius 3 is 3.07 bits per heavy atom. The Hall–Kier alpha value is -0.720. The lowest BCUT2D eigenvalue weighted by atomic mass is 10.3. The van der Waals surface area contributed by atoms with Crippen LogP contribution in [-0.2, 0) is 6.54 Å². The third-order valence-corrected chi connectivity index (χ3v) is 3.68. The van der Waals surface area contributed by atoms with Gasteiger partial charge in [0.05, 0.1) is 9.83 Å². The molecule has 15 heavy (non-hydrogen) atoms. The molecule has 0 radical (unpaired) electrons. The normalized spacial score (nSPS) is 12.9. The third kappa shape index (κ3) is 2.87. The minimum Gasteiger partial charge on any atom is -0.303 e. The summed E-state index contributed by atoms with van der Waals surface area (Å²) in [5.41, 5.74) is 0. The number of hydrogen-bond acceptors (Lipinski definition) is 4. The van der Waals surface area contributed by atoms with Gasteiger partial charge < -0.3 is 5.32 Å². The van der Waals surface area contributed by atoms with Gasteiger partial charge in [-0.3, -0.25) is 5.10 Å². The SMILES string of the molecule is CC(NCc1ccc(Br)s1)c1ncn[nH]1. The van der Waals surface area contributed by atoms with E-state index in [1.165, 1.54) is 11.2 Å². The zero-order valence-electron chi connectivity index (χ0n) is 8.20. The lowest BCUT2D eigenvalue weighted by molar-refractivity contribution is 0.551. The molecule has 2 rings (SSSR count). The van der Waals surface area contributed by atoms with Gasteiger partial charge in [0.15, 0.2) is 0 Å². The van der Waals surface area contributed by atoms with Crippen LogP contribution in [0.1, 0.15) is 23.7 Å². The van der Waals surface area contributed by atoms with Gasteiger partial charge in [0.2, 0.25) is 0 Å². The Morgan fingerprint density at radius 2 is 2.47 bits per heavy atom. The fraction of sp³-hybridized carbons (Fsp3) is 0.333. The number of nitrogens with zero attached hydrogens (tertiary/aromatic N) is 2. The standard InChI is InChI=1S/C9H11BrN4S/c1-6(9-12-5-13-14-9)11-4-7-2-3-8(10)15-7/h2-3,5-6,11H,4H2,1H3,(H,12,13,14). The summed E-state index contributed by atoms with van der Waals surface area (Å²) >= 11 is 5.18. The number of nitrogens with one attached hydrogen (secondary N) is 2. The van der Waals surface area contributed by atoms with Crippen LogP contribution in [0.15, 0.2) is 22.2 Å². The van der Waals surface area contributed by atoms with Crippen molar-refractivity contribution in [2.24, 2.45) is 0 Å². The Kier molecular flexibility index (Phi) is 3.50. The Morgan fingerprint density at radius 1 is 1.60 bits per heavy atom. The molecule has 2 N–H and O–H groups in total. The van der Waals surface area contributed by atoms with Gasteiger partial charge in [0.25, 0.3) is 0 Å². The number of aromatic nitrogens is 3. The summed E-state index contributed by atoms with van der Waals surface area (Å²) in [7, 11) is 0. The van der Waals surface area contributed by atoms with Gasteiger partial charge in [-0.25, -0.2) is 4.98 Å². The van der Waals surface area contributed by atoms with Crippen molar-refractivity contribution < 1.29 is 0 Å². The van der Waals surface area contributed by atoms with E-state index < -0.39 is 0 Å². The zero-order chi connectivity index (χ0) is 10.7. The number of aromatic amines is 1. The quantitative estimate of drug-likeness (QED) is 0.908. The van der Waals surface area contributed by atoms with Gasteiger partial charge in [-0.15, -0.1) is 11.3 Å². The summed E-state index contributed by atoms with van der Waals surface area (Å²) in [5.74, 6) is 0.866. The smallest absolute Gasteiger partial charge is 0.141 e. The average molecular weight is 287 g/mol. The minimum absolute atomic E-state index is 0.188. The number of halogens is 1. The molecule has 0 spiro atoms.